The van der Waals surface area contributed by atoms with Crippen LogP contribution in [-0.2, 0) is 82.3 Å². The molecule has 0 saturated carbocycles. The molecule has 10 atom stereocenters. The summed E-state index contributed by atoms with van der Waals surface area (Å²) >= 11 is 0. The molecule has 2 N–H and O–H groups in total. The second kappa shape index (κ2) is 25.7. The van der Waals surface area contributed by atoms with Gasteiger partial charge in [0.15, 0.2) is 5.79 Å². The summed E-state index contributed by atoms with van der Waals surface area (Å²) in [5, 5.41) is 25.2. The van der Waals surface area contributed by atoms with Crippen molar-refractivity contribution < 1.29 is 52.8 Å². The summed E-state index contributed by atoms with van der Waals surface area (Å²) in [4.78, 5) is 0. The standard InChI is InChI=1S/C58H66O11/c1-58(2)67-41-51(69-58)55(64-37-45-27-15-6-16-28-45)56(65-38-46-29-17-7-18-30-46)52(60)48(59)33-49-53(62-35-43-23-11-4-12-24-43)57(66-39-47-31-19-8-20-32-47)54(63-36-44-25-13-5-14-26-44)50(68-49)40-61-34-42-21-9-3-10-22-42/h3-32,48-57,59-60H,33-41H2,1-2H3/t48-,49+,50-,51+,52-,53+,54-,55-,56-,57-/m1/s1. The average Bonchev–Trinajstić information content (AvgIpc) is 3.76. The predicted octanol–water partition coefficient (Wildman–Crippen LogP) is 9.16. The minimum atomic E-state index is -1.50. The van der Waals surface area contributed by atoms with E-state index in [2.05, 4.69) is 0 Å². The van der Waals surface area contributed by atoms with E-state index >= 15 is 0 Å². The summed E-state index contributed by atoms with van der Waals surface area (Å²) in [5.74, 6) is -0.905. The lowest BCUT2D eigenvalue weighted by molar-refractivity contribution is -0.279. The van der Waals surface area contributed by atoms with Crippen LogP contribution in [0.5, 0.6) is 0 Å². The van der Waals surface area contributed by atoms with E-state index < -0.39 is 66.8 Å². The normalized spacial score (nSPS) is 23.0. The van der Waals surface area contributed by atoms with Crippen molar-refractivity contribution in [1.29, 1.82) is 0 Å². The van der Waals surface area contributed by atoms with Crippen molar-refractivity contribution in [3.63, 3.8) is 0 Å². The smallest absolute Gasteiger partial charge is 0.163 e. The molecule has 0 aliphatic carbocycles. The monoisotopic (exact) mass is 938 g/mol. The molecule has 0 radical (unpaired) electrons. The van der Waals surface area contributed by atoms with Gasteiger partial charge < -0.3 is 52.8 Å². The molecule has 2 saturated heterocycles. The first-order valence-corrected chi connectivity index (χ1v) is 24.0. The molecule has 11 nitrogen and oxygen atoms in total. The molecule has 2 heterocycles. The highest BCUT2D eigenvalue weighted by Crippen LogP contribution is 2.35. The molecule has 2 fully saturated rings. The van der Waals surface area contributed by atoms with E-state index in [1.165, 1.54) is 0 Å². The van der Waals surface area contributed by atoms with Gasteiger partial charge in [-0.15, -0.1) is 0 Å². The van der Waals surface area contributed by atoms with E-state index in [0.717, 1.165) is 33.4 Å². The van der Waals surface area contributed by atoms with Gasteiger partial charge in [0, 0.05) is 6.42 Å². The number of aliphatic hydroxyl groups is 2. The van der Waals surface area contributed by atoms with E-state index in [9.17, 15) is 10.2 Å². The van der Waals surface area contributed by atoms with Crippen molar-refractivity contribution in [1.82, 2.24) is 0 Å². The molecule has 0 spiro atoms. The van der Waals surface area contributed by atoms with Gasteiger partial charge in [-0.1, -0.05) is 182 Å². The average molecular weight is 939 g/mol. The lowest BCUT2D eigenvalue weighted by Gasteiger charge is -2.47. The van der Waals surface area contributed by atoms with Crippen LogP contribution in [-0.4, -0.2) is 90.3 Å². The Balaban J connectivity index is 1.12. The molecule has 8 rings (SSSR count). The van der Waals surface area contributed by atoms with Crippen molar-refractivity contribution in [2.75, 3.05) is 13.2 Å². The van der Waals surface area contributed by atoms with E-state index in [-0.39, 0.29) is 52.7 Å². The van der Waals surface area contributed by atoms with Crippen LogP contribution >= 0.6 is 0 Å². The lowest BCUT2D eigenvalue weighted by atomic mass is 9.88. The largest absolute Gasteiger partial charge is 0.390 e. The summed E-state index contributed by atoms with van der Waals surface area (Å²) in [6.45, 7) is 5.47. The Kier molecular flexibility index (Phi) is 18.7. The number of hydrogen-bond acceptors (Lipinski definition) is 11. The molecular weight excluding hydrogens is 873 g/mol. The quantitative estimate of drug-likeness (QED) is 0.0572. The number of ether oxygens (including phenoxy) is 9. The first-order valence-electron chi connectivity index (χ1n) is 24.0. The van der Waals surface area contributed by atoms with Gasteiger partial charge in [0.2, 0.25) is 0 Å². The van der Waals surface area contributed by atoms with Crippen molar-refractivity contribution in [3.05, 3.63) is 215 Å². The molecule has 0 unspecified atom stereocenters. The van der Waals surface area contributed by atoms with Crippen molar-refractivity contribution in [2.45, 2.75) is 127 Å². The fourth-order valence-electron chi connectivity index (χ4n) is 8.88. The van der Waals surface area contributed by atoms with Gasteiger partial charge >= 0.3 is 0 Å². The molecule has 364 valence electrons. The van der Waals surface area contributed by atoms with Gasteiger partial charge in [-0.3, -0.25) is 0 Å². The van der Waals surface area contributed by atoms with Gasteiger partial charge in [-0.2, -0.15) is 0 Å². The van der Waals surface area contributed by atoms with Crippen LogP contribution < -0.4 is 0 Å². The Morgan fingerprint density at radius 3 is 1.32 bits per heavy atom. The third-order valence-corrected chi connectivity index (χ3v) is 12.5. The molecule has 6 aromatic carbocycles. The van der Waals surface area contributed by atoms with Crippen LogP contribution in [0.2, 0.25) is 0 Å². The summed E-state index contributed by atoms with van der Waals surface area (Å²) in [5.41, 5.74) is 5.73. The van der Waals surface area contributed by atoms with Crippen molar-refractivity contribution in [2.24, 2.45) is 0 Å². The Bertz CT molecular complexity index is 2330. The van der Waals surface area contributed by atoms with E-state index in [1.54, 1.807) is 0 Å². The fourth-order valence-corrected chi connectivity index (χ4v) is 8.88. The first kappa shape index (κ1) is 50.3. The van der Waals surface area contributed by atoms with Gasteiger partial charge in [0.25, 0.3) is 0 Å². The molecule has 0 aromatic heterocycles. The Morgan fingerprint density at radius 1 is 0.493 bits per heavy atom. The Labute approximate surface area is 406 Å². The third-order valence-electron chi connectivity index (χ3n) is 12.5. The number of benzene rings is 6. The predicted molar refractivity (Wildman–Crippen MR) is 261 cm³/mol. The summed E-state index contributed by atoms with van der Waals surface area (Å²) in [6.07, 6.45) is -9.27. The number of aliphatic hydroxyl groups excluding tert-OH is 2. The van der Waals surface area contributed by atoms with Crippen LogP contribution in [0.15, 0.2) is 182 Å². The first-order chi connectivity index (χ1) is 33.8. The van der Waals surface area contributed by atoms with Crippen LogP contribution in [0.4, 0.5) is 0 Å². The van der Waals surface area contributed by atoms with Crippen molar-refractivity contribution >= 4 is 0 Å². The highest BCUT2D eigenvalue weighted by atomic mass is 16.8. The number of hydrogen-bond donors (Lipinski definition) is 2. The van der Waals surface area contributed by atoms with E-state index in [0.29, 0.717) is 6.61 Å². The summed E-state index contributed by atoms with van der Waals surface area (Å²) in [6, 6.07) is 59.3. The second-order valence-electron chi connectivity index (χ2n) is 18.2. The zero-order valence-electron chi connectivity index (χ0n) is 39.5. The van der Waals surface area contributed by atoms with Crippen LogP contribution in [0.1, 0.15) is 53.6 Å². The Morgan fingerprint density at radius 2 is 0.884 bits per heavy atom. The minimum absolute atomic E-state index is 0.0729. The fraction of sp³-hybridized carbons (Fsp3) is 0.379. The van der Waals surface area contributed by atoms with E-state index in [1.807, 2.05) is 196 Å². The zero-order valence-corrected chi connectivity index (χ0v) is 39.5. The molecule has 2 aliphatic heterocycles. The second-order valence-corrected chi connectivity index (χ2v) is 18.2. The number of rotatable bonds is 25. The van der Waals surface area contributed by atoms with Gasteiger partial charge in [0.05, 0.1) is 65.1 Å². The topological polar surface area (TPSA) is 124 Å². The molecule has 2 aliphatic rings. The SMILES string of the molecule is CC1(C)OC[C@@H]([C@@H](OCc2ccccc2)[C@H](OCc2ccccc2)[C@H](O)[C@H](O)C[C@@H]2O[C@H](COCc3ccccc3)[C@@H](OCc3ccccc3)[C@H](OCc3ccccc3)[C@H]2OCc2ccccc2)O1. The molecule has 11 heteroatoms. The Hall–Kier alpha value is -5.12. The maximum atomic E-state index is 12.6. The van der Waals surface area contributed by atoms with Gasteiger partial charge in [-0.05, 0) is 47.2 Å². The molecule has 69 heavy (non-hydrogen) atoms. The van der Waals surface area contributed by atoms with Crippen LogP contribution in [0.25, 0.3) is 0 Å². The lowest BCUT2D eigenvalue weighted by Crippen LogP contribution is -2.62. The molecule has 0 bridgehead atoms. The van der Waals surface area contributed by atoms with Crippen LogP contribution in [0, 0.1) is 0 Å². The molecular formula is C58H66O11. The molecule has 6 aromatic rings. The zero-order chi connectivity index (χ0) is 47.7. The third kappa shape index (κ3) is 14.9. The van der Waals surface area contributed by atoms with Gasteiger partial charge in [-0.25, -0.2) is 0 Å². The highest BCUT2D eigenvalue weighted by molar-refractivity contribution is 5.18. The van der Waals surface area contributed by atoms with Crippen molar-refractivity contribution in [3.8, 4) is 0 Å². The minimum Gasteiger partial charge on any atom is -0.390 e. The maximum absolute atomic E-state index is 12.6. The summed E-state index contributed by atoms with van der Waals surface area (Å²) < 4.78 is 60.1. The summed E-state index contributed by atoms with van der Waals surface area (Å²) in [7, 11) is 0. The maximum Gasteiger partial charge on any atom is 0.163 e. The van der Waals surface area contributed by atoms with Crippen LogP contribution in [0.3, 0.4) is 0 Å². The van der Waals surface area contributed by atoms with Gasteiger partial charge in [0.1, 0.15) is 48.8 Å². The molecule has 0 amide bonds. The highest BCUT2D eigenvalue weighted by Gasteiger charge is 2.51. The van der Waals surface area contributed by atoms with E-state index in [4.69, 9.17) is 42.6 Å².